The zero-order valence-electron chi connectivity index (χ0n) is 12.9. The number of halogens is 1. The number of nitrogens with zero attached hydrogens (tertiary/aromatic N) is 1. The lowest BCUT2D eigenvalue weighted by molar-refractivity contribution is 0.0976. The van der Waals surface area contributed by atoms with Crippen molar-refractivity contribution in [1.82, 2.24) is 4.57 Å². The highest BCUT2D eigenvalue weighted by Crippen LogP contribution is 2.40. The lowest BCUT2D eigenvalue weighted by atomic mass is 9.86. The summed E-state index contributed by atoms with van der Waals surface area (Å²) in [5.41, 5.74) is 0.562. The fraction of sp³-hybridized carbons (Fsp3) is 0.0526. The fourth-order valence-electron chi connectivity index (χ4n) is 3.09. The summed E-state index contributed by atoms with van der Waals surface area (Å²) < 4.78 is 14.1. The summed E-state index contributed by atoms with van der Waals surface area (Å²) in [5.74, 6) is -2.41. The Morgan fingerprint density at radius 2 is 1.28 bits per heavy atom. The molecular formula is C19H12FNO4. The number of benzene rings is 2. The van der Waals surface area contributed by atoms with Gasteiger partial charge >= 0.3 is 0 Å². The Labute approximate surface area is 141 Å². The van der Waals surface area contributed by atoms with E-state index >= 15 is 0 Å². The highest BCUT2D eigenvalue weighted by atomic mass is 19.1. The van der Waals surface area contributed by atoms with Crippen molar-refractivity contribution in [3.8, 4) is 11.8 Å². The molecule has 1 aliphatic carbocycles. The standard InChI is InChI=1S/C19H12FNO4/c20-11-7-5-10(6-8-11)9-21-18(24)14-15(19(21)25)17(23)13-4-2-1-3-12(13)16(14)22/h1-8,24-25H,9H2. The van der Waals surface area contributed by atoms with Gasteiger partial charge in [-0.25, -0.2) is 4.39 Å². The maximum atomic E-state index is 13.0. The summed E-state index contributed by atoms with van der Waals surface area (Å²) >= 11 is 0. The smallest absolute Gasteiger partial charge is 0.206 e. The molecule has 0 radical (unpaired) electrons. The molecule has 0 saturated carbocycles. The first-order valence-corrected chi connectivity index (χ1v) is 7.56. The predicted molar refractivity (Wildman–Crippen MR) is 86.6 cm³/mol. The van der Waals surface area contributed by atoms with Gasteiger partial charge in [0, 0.05) is 11.1 Å². The second-order valence-corrected chi connectivity index (χ2v) is 5.81. The highest BCUT2D eigenvalue weighted by molar-refractivity contribution is 6.30. The van der Waals surface area contributed by atoms with Gasteiger partial charge in [-0.3, -0.25) is 14.2 Å². The molecule has 1 heterocycles. The summed E-state index contributed by atoms with van der Waals surface area (Å²) in [7, 11) is 0. The third-order valence-corrected chi connectivity index (χ3v) is 4.33. The van der Waals surface area contributed by atoms with E-state index in [1.807, 2.05) is 0 Å². The Balaban J connectivity index is 1.87. The van der Waals surface area contributed by atoms with E-state index in [9.17, 15) is 24.2 Å². The molecule has 0 atom stereocenters. The van der Waals surface area contributed by atoms with Crippen LogP contribution in [0.4, 0.5) is 4.39 Å². The Bertz CT molecular complexity index is 976. The Morgan fingerprint density at radius 3 is 1.76 bits per heavy atom. The lowest BCUT2D eigenvalue weighted by Gasteiger charge is -2.13. The maximum absolute atomic E-state index is 13.0. The third-order valence-electron chi connectivity index (χ3n) is 4.33. The number of carbonyl (C=O) groups excluding carboxylic acids is 2. The van der Waals surface area contributed by atoms with Gasteiger partial charge < -0.3 is 10.2 Å². The van der Waals surface area contributed by atoms with Crippen molar-refractivity contribution in [2.75, 3.05) is 0 Å². The number of fused-ring (bicyclic) bond motifs is 2. The number of hydrogen-bond acceptors (Lipinski definition) is 4. The SMILES string of the molecule is O=C1c2ccccc2C(=O)c2c1c(O)n(Cc1ccc(F)cc1)c2O. The van der Waals surface area contributed by atoms with Crippen molar-refractivity contribution in [2.45, 2.75) is 6.54 Å². The third kappa shape index (κ3) is 2.15. The number of carbonyl (C=O) groups is 2. The maximum Gasteiger partial charge on any atom is 0.206 e. The molecule has 0 amide bonds. The Kier molecular flexibility index (Phi) is 3.21. The summed E-state index contributed by atoms with van der Waals surface area (Å²) in [6.07, 6.45) is 0. The molecule has 0 unspecified atom stereocenters. The molecule has 2 N–H and O–H groups in total. The van der Waals surface area contributed by atoms with Gasteiger partial charge in [0.05, 0.1) is 17.7 Å². The minimum absolute atomic E-state index is 0.0121. The van der Waals surface area contributed by atoms with Crippen LogP contribution in [0.5, 0.6) is 11.8 Å². The average molecular weight is 337 g/mol. The van der Waals surface area contributed by atoms with Crippen molar-refractivity contribution in [1.29, 1.82) is 0 Å². The average Bonchev–Trinajstić information content (AvgIpc) is 2.86. The second-order valence-electron chi connectivity index (χ2n) is 5.81. The molecule has 0 aliphatic heterocycles. The molecule has 0 saturated heterocycles. The van der Waals surface area contributed by atoms with Gasteiger partial charge in [0.1, 0.15) is 5.82 Å². The van der Waals surface area contributed by atoms with Crippen LogP contribution in [0.25, 0.3) is 0 Å². The van der Waals surface area contributed by atoms with Crippen LogP contribution >= 0.6 is 0 Å². The van der Waals surface area contributed by atoms with Crippen LogP contribution in [0.15, 0.2) is 48.5 Å². The quantitative estimate of drug-likeness (QED) is 0.589. The molecule has 1 aliphatic rings. The van der Waals surface area contributed by atoms with Crippen LogP contribution in [-0.4, -0.2) is 26.3 Å². The number of ketones is 2. The van der Waals surface area contributed by atoms with E-state index in [4.69, 9.17) is 0 Å². The van der Waals surface area contributed by atoms with Crippen LogP contribution in [-0.2, 0) is 6.54 Å². The Morgan fingerprint density at radius 1 is 0.800 bits per heavy atom. The Hall–Kier alpha value is -3.41. The number of aromatic nitrogens is 1. The number of rotatable bonds is 2. The minimum atomic E-state index is -0.518. The summed E-state index contributed by atoms with van der Waals surface area (Å²) in [4.78, 5) is 25.3. The van der Waals surface area contributed by atoms with Crippen LogP contribution in [0.2, 0.25) is 0 Å². The van der Waals surface area contributed by atoms with E-state index in [1.165, 1.54) is 36.4 Å². The highest BCUT2D eigenvalue weighted by Gasteiger charge is 2.38. The molecule has 4 rings (SSSR count). The summed E-state index contributed by atoms with van der Waals surface area (Å²) in [6, 6.07) is 11.7. The van der Waals surface area contributed by atoms with Gasteiger partial charge in [0.15, 0.2) is 11.6 Å². The van der Waals surface area contributed by atoms with E-state index in [0.29, 0.717) is 5.56 Å². The monoisotopic (exact) mass is 337 g/mol. The van der Waals surface area contributed by atoms with Gasteiger partial charge in [-0.15, -0.1) is 0 Å². The largest absolute Gasteiger partial charge is 0.494 e. The molecule has 25 heavy (non-hydrogen) atoms. The first-order valence-electron chi connectivity index (χ1n) is 7.56. The zero-order valence-corrected chi connectivity index (χ0v) is 12.9. The molecule has 5 nitrogen and oxygen atoms in total. The van der Waals surface area contributed by atoms with Crippen LogP contribution < -0.4 is 0 Å². The fourth-order valence-corrected chi connectivity index (χ4v) is 3.09. The van der Waals surface area contributed by atoms with E-state index in [2.05, 4.69) is 0 Å². The van der Waals surface area contributed by atoms with Crippen molar-refractivity contribution in [3.05, 3.63) is 82.2 Å². The van der Waals surface area contributed by atoms with Crippen molar-refractivity contribution in [3.63, 3.8) is 0 Å². The summed E-state index contributed by atoms with van der Waals surface area (Å²) in [6.45, 7) is -0.0121. The normalized spacial score (nSPS) is 12.8. The van der Waals surface area contributed by atoms with Gasteiger partial charge in [-0.05, 0) is 17.7 Å². The van der Waals surface area contributed by atoms with E-state index in [-0.39, 0.29) is 28.8 Å². The van der Waals surface area contributed by atoms with Crippen molar-refractivity contribution < 1.29 is 24.2 Å². The van der Waals surface area contributed by atoms with Gasteiger partial charge in [0.2, 0.25) is 11.8 Å². The lowest BCUT2D eigenvalue weighted by Crippen LogP contribution is -2.19. The van der Waals surface area contributed by atoms with E-state index in [1.54, 1.807) is 12.1 Å². The topological polar surface area (TPSA) is 79.5 Å². The molecule has 0 spiro atoms. The predicted octanol–water partition coefficient (Wildman–Crippen LogP) is 2.86. The molecule has 0 fully saturated rings. The molecule has 2 aromatic carbocycles. The first-order chi connectivity index (χ1) is 12.0. The van der Waals surface area contributed by atoms with Crippen LogP contribution in [0, 0.1) is 5.82 Å². The summed E-state index contributed by atoms with van der Waals surface area (Å²) in [5, 5.41) is 20.9. The van der Waals surface area contributed by atoms with Crippen LogP contribution in [0.1, 0.15) is 37.4 Å². The number of hydrogen-bond donors (Lipinski definition) is 2. The number of aromatic hydroxyl groups is 2. The zero-order chi connectivity index (χ0) is 17.7. The minimum Gasteiger partial charge on any atom is -0.494 e. The van der Waals surface area contributed by atoms with Gasteiger partial charge in [-0.1, -0.05) is 36.4 Å². The molecule has 3 aromatic rings. The van der Waals surface area contributed by atoms with Crippen molar-refractivity contribution >= 4 is 11.6 Å². The molecule has 6 heteroatoms. The van der Waals surface area contributed by atoms with E-state index in [0.717, 1.165) is 4.57 Å². The first kappa shape index (κ1) is 15.1. The van der Waals surface area contributed by atoms with Gasteiger partial charge in [-0.2, -0.15) is 0 Å². The molecule has 1 aromatic heterocycles. The molecular weight excluding hydrogens is 325 g/mol. The molecule has 124 valence electrons. The molecule has 0 bridgehead atoms. The van der Waals surface area contributed by atoms with Gasteiger partial charge in [0.25, 0.3) is 0 Å². The van der Waals surface area contributed by atoms with Crippen LogP contribution in [0.3, 0.4) is 0 Å². The second kappa shape index (κ2) is 5.31. The van der Waals surface area contributed by atoms with Crippen molar-refractivity contribution in [2.24, 2.45) is 0 Å². The van der Waals surface area contributed by atoms with E-state index < -0.39 is 29.1 Å².